The minimum atomic E-state index is -0.174. The first-order valence-corrected chi connectivity index (χ1v) is 3.62. The van der Waals surface area contributed by atoms with Crippen LogP contribution in [-0.2, 0) is 4.94 Å². The first kappa shape index (κ1) is 7.00. The zero-order valence-electron chi connectivity index (χ0n) is 5.77. The largest absolute Gasteiger partial charge is 0.191 e. The standard InChI is InChI=1S/C7H13FO/c1-6(9-8)7-4-2-3-5-7/h6-7H,2-5H2,1H3. The van der Waals surface area contributed by atoms with Crippen LogP contribution >= 0.6 is 0 Å². The molecule has 0 spiro atoms. The normalized spacial score (nSPS) is 24.7. The molecule has 1 aliphatic rings. The quantitative estimate of drug-likeness (QED) is 0.560. The third-order valence-electron chi connectivity index (χ3n) is 2.20. The Morgan fingerprint density at radius 3 is 2.44 bits per heavy atom. The molecule has 1 atom stereocenters. The van der Waals surface area contributed by atoms with Crippen molar-refractivity contribution in [3.8, 4) is 0 Å². The Morgan fingerprint density at radius 2 is 2.00 bits per heavy atom. The van der Waals surface area contributed by atoms with Gasteiger partial charge >= 0.3 is 0 Å². The minimum Gasteiger partial charge on any atom is -0.191 e. The van der Waals surface area contributed by atoms with Crippen molar-refractivity contribution in [1.29, 1.82) is 0 Å². The van der Waals surface area contributed by atoms with E-state index in [0.717, 1.165) is 12.8 Å². The van der Waals surface area contributed by atoms with Gasteiger partial charge in [0.2, 0.25) is 0 Å². The zero-order valence-corrected chi connectivity index (χ0v) is 5.77. The van der Waals surface area contributed by atoms with Crippen LogP contribution in [0.25, 0.3) is 0 Å². The second-order valence-corrected chi connectivity index (χ2v) is 2.84. The summed E-state index contributed by atoms with van der Waals surface area (Å²) >= 11 is 0. The van der Waals surface area contributed by atoms with Crippen molar-refractivity contribution in [3.63, 3.8) is 0 Å². The maximum atomic E-state index is 11.5. The van der Waals surface area contributed by atoms with Crippen molar-refractivity contribution >= 4 is 0 Å². The van der Waals surface area contributed by atoms with E-state index in [1.807, 2.05) is 0 Å². The number of halogens is 1. The summed E-state index contributed by atoms with van der Waals surface area (Å²) < 4.78 is 11.5. The second-order valence-electron chi connectivity index (χ2n) is 2.84. The highest BCUT2D eigenvalue weighted by Gasteiger charge is 2.22. The molecule has 0 aromatic rings. The van der Waals surface area contributed by atoms with Crippen molar-refractivity contribution in [2.24, 2.45) is 5.92 Å². The van der Waals surface area contributed by atoms with Gasteiger partial charge in [0.1, 0.15) is 0 Å². The predicted octanol–water partition coefficient (Wildman–Crippen LogP) is 2.47. The summed E-state index contributed by atoms with van der Waals surface area (Å²) in [6.45, 7) is 1.80. The highest BCUT2D eigenvalue weighted by molar-refractivity contribution is 4.71. The van der Waals surface area contributed by atoms with Crippen LogP contribution in [0.15, 0.2) is 0 Å². The summed E-state index contributed by atoms with van der Waals surface area (Å²) in [5, 5.41) is 0. The zero-order chi connectivity index (χ0) is 6.69. The van der Waals surface area contributed by atoms with E-state index in [0.29, 0.717) is 5.92 Å². The van der Waals surface area contributed by atoms with Crippen molar-refractivity contribution in [1.82, 2.24) is 0 Å². The fourth-order valence-electron chi connectivity index (χ4n) is 1.50. The molecule has 54 valence electrons. The number of hydrogen-bond donors (Lipinski definition) is 0. The molecule has 1 rings (SSSR count). The van der Waals surface area contributed by atoms with E-state index in [2.05, 4.69) is 4.94 Å². The Morgan fingerprint density at radius 1 is 1.44 bits per heavy atom. The predicted molar refractivity (Wildman–Crippen MR) is 33.6 cm³/mol. The summed E-state index contributed by atoms with van der Waals surface area (Å²) in [5.74, 6) is 0.481. The van der Waals surface area contributed by atoms with Crippen LogP contribution in [-0.4, -0.2) is 6.10 Å². The molecule has 2 heteroatoms. The van der Waals surface area contributed by atoms with Crippen molar-refractivity contribution in [2.45, 2.75) is 38.7 Å². The molecule has 0 radical (unpaired) electrons. The molecule has 0 bridgehead atoms. The van der Waals surface area contributed by atoms with Crippen LogP contribution in [0, 0.1) is 5.92 Å². The lowest BCUT2D eigenvalue weighted by atomic mass is 10.0. The molecule has 9 heavy (non-hydrogen) atoms. The molecule has 1 saturated carbocycles. The monoisotopic (exact) mass is 132 g/mol. The Bertz CT molecular complexity index is 79.0. The van der Waals surface area contributed by atoms with Crippen molar-refractivity contribution in [2.75, 3.05) is 0 Å². The van der Waals surface area contributed by atoms with Gasteiger partial charge in [0.25, 0.3) is 0 Å². The molecule has 0 amide bonds. The third-order valence-corrected chi connectivity index (χ3v) is 2.20. The molecule has 0 aromatic heterocycles. The van der Waals surface area contributed by atoms with Crippen LogP contribution in [0.2, 0.25) is 0 Å². The smallest absolute Gasteiger partial charge is 0.0983 e. The van der Waals surface area contributed by atoms with E-state index in [1.54, 1.807) is 6.92 Å². The Hall–Kier alpha value is -0.110. The molecular formula is C7H13FO. The van der Waals surface area contributed by atoms with Crippen molar-refractivity contribution in [3.05, 3.63) is 0 Å². The van der Waals surface area contributed by atoms with Gasteiger partial charge < -0.3 is 0 Å². The Kier molecular flexibility index (Phi) is 2.46. The van der Waals surface area contributed by atoms with Crippen LogP contribution in [0.1, 0.15) is 32.6 Å². The maximum Gasteiger partial charge on any atom is 0.0983 e. The van der Waals surface area contributed by atoms with Gasteiger partial charge in [0, 0.05) is 0 Å². The summed E-state index contributed by atoms with van der Waals surface area (Å²) in [6, 6.07) is 0. The molecule has 1 nitrogen and oxygen atoms in total. The van der Waals surface area contributed by atoms with Crippen LogP contribution in [0.3, 0.4) is 0 Å². The van der Waals surface area contributed by atoms with Gasteiger partial charge in [-0.25, -0.2) is 0 Å². The second kappa shape index (κ2) is 3.16. The highest BCUT2D eigenvalue weighted by atomic mass is 19.3. The topological polar surface area (TPSA) is 9.23 Å². The van der Waals surface area contributed by atoms with Gasteiger partial charge in [0.15, 0.2) is 0 Å². The minimum absolute atomic E-state index is 0.174. The van der Waals surface area contributed by atoms with Crippen molar-refractivity contribution < 1.29 is 9.47 Å². The van der Waals surface area contributed by atoms with Gasteiger partial charge in [-0.15, -0.1) is 0 Å². The lowest BCUT2D eigenvalue weighted by Crippen LogP contribution is -2.13. The molecular weight excluding hydrogens is 119 g/mol. The van der Waals surface area contributed by atoms with E-state index < -0.39 is 0 Å². The van der Waals surface area contributed by atoms with Gasteiger partial charge in [-0.3, -0.25) is 0 Å². The third kappa shape index (κ3) is 1.65. The fraction of sp³-hybridized carbons (Fsp3) is 1.00. The fourth-order valence-corrected chi connectivity index (χ4v) is 1.50. The molecule has 0 heterocycles. The molecule has 0 saturated heterocycles. The maximum absolute atomic E-state index is 11.5. The first-order valence-electron chi connectivity index (χ1n) is 3.62. The van der Waals surface area contributed by atoms with E-state index in [-0.39, 0.29) is 6.10 Å². The SMILES string of the molecule is CC(OF)C1CCCC1. The molecule has 0 aliphatic heterocycles. The van der Waals surface area contributed by atoms with Gasteiger partial charge in [-0.1, -0.05) is 12.8 Å². The summed E-state index contributed by atoms with van der Waals surface area (Å²) in [5.41, 5.74) is 0. The van der Waals surface area contributed by atoms with E-state index >= 15 is 0 Å². The van der Waals surface area contributed by atoms with Gasteiger partial charge in [-0.2, -0.15) is 4.94 Å². The van der Waals surface area contributed by atoms with E-state index in [9.17, 15) is 4.53 Å². The average Bonchev–Trinajstić information content (AvgIpc) is 2.37. The molecule has 1 aliphatic carbocycles. The van der Waals surface area contributed by atoms with Crippen LogP contribution in [0.4, 0.5) is 4.53 Å². The summed E-state index contributed by atoms with van der Waals surface area (Å²) in [4.78, 5) is 3.73. The van der Waals surface area contributed by atoms with E-state index in [4.69, 9.17) is 0 Å². The molecule has 1 fully saturated rings. The molecule has 0 N–H and O–H groups in total. The summed E-state index contributed by atoms with van der Waals surface area (Å²) in [7, 11) is 0. The molecule has 0 aromatic carbocycles. The molecule has 1 unspecified atom stereocenters. The first-order chi connectivity index (χ1) is 4.34. The van der Waals surface area contributed by atoms with E-state index in [1.165, 1.54) is 12.8 Å². The number of rotatable bonds is 2. The summed E-state index contributed by atoms with van der Waals surface area (Å²) in [6.07, 6.45) is 4.61. The Labute approximate surface area is 55.1 Å². The van der Waals surface area contributed by atoms with Crippen LogP contribution < -0.4 is 0 Å². The number of hydrogen-bond acceptors (Lipinski definition) is 1. The lowest BCUT2D eigenvalue weighted by molar-refractivity contribution is -0.188. The van der Waals surface area contributed by atoms with Gasteiger partial charge in [-0.05, 0) is 30.2 Å². The average molecular weight is 132 g/mol. The van der Waals surface area contributed by atoms with Crippen LogP contribution in [0.5, 0.6) is 0 Å². The van der Waals surface area contributed by atoms with Gasteiger partial charge in [0.05, 0.1) is 6.10 Å². The Balaban J connectivity index is 2.24. The lowest BCUT2D eigenvalue weighted by Gasteiger charge is -2.12. The highest BCUT2D eigenvalue weighted by Crippen LogP contribution is 2.28.